The number of amides is 1. The number of pyridine rings is 1. The van der Waals surface area contributed by atoms with E-state index in [1.807, 2.05) is 0 Å². The smallest absolute Gasteiger partial charge is 0.375 e. The van der Waals surface area contributed by atoms with E-state index in [-0.39, 0.29) is 22.2 Å². The molecule has 0 saturated carbocycles. The summed E-state index contributed by atoms with van der Waals surface area (Å²) < 4.78 is 35.2. The summed E-state index contributed by atoms with van der Waals surface area (Å²) in [5.74, 6) is -1.80. The van der Waals surface area contributed by atoms with Gasteiger partial charge in [-0.3, -0.25) is 4.79 Å². The second-order valence-electron chi connectivity index (χ2n) is 6.24. The molecule has 0 fully saturated rings. The van der Waals surface area contributed by atoms with E-state index in [1.165, 1.54) is 43.5 Å². The summed E-state index contributed by atoms with van der Waals surface area (Å²) in [6.07, 6.45) is 0.221. The van der Waals surface area contributed by atoms with Crippen molar-refractivity contribution < 1.29 is 27.2 Å². The minimum atomic E-state index is -3.63. The molecule has 0 saturated heterocycles. The molecule has 1 N–H and O–H groups in total. The fourth-order valence-electron chi connectivity index (χ4n) is 2.41. The van der Waals surface area contributed by atoms with Crippen LogP contribution in [0.15, 0.2) is 70.1 Å². The standard InChI is InChI=1S/C20H17ClN2O6S/c1-13(19(24)23-18-10-7-14(21)11-22-18)28-20(25)17-9-8-15(29-17)12-30(26,27)16-5-3-2-4-6-16/h2-11,13H,12H2,1H3,(H,22,23,24)/t13-/m1/s1. The van der Waals surface area contributed by atoms with Gasteiger partial charge in [-0.05, 0) is 43.3 Å². The summed E-state index contributed by atoms with van der Waals surface area (Å²) in [5.41, 5.74) is 0. The lowest BCUT2D eigenvalue weighted by Crippen LogP contribution is -2.30. The fraction of sp³-hybridized carbons (Fsp3) is 0.150. The van der Waals surface area contributed by atoms with E-state index < -0.39 is 33.6 Å². The van der Waals surface area contributed by atoms with Crippen LogP contribution < -0.4 is 5.32 Å². The van der Waals surface area contributed by atoms with Gasteiger partial charge in [-0.25, -0.2) is 18.2 Å². The maximum absolute atomic E-state index is 12.4. The molecule has 10 heteroatoms. The Balaban J connectivity index is 1.60. The van der Waals surface area contributed by atoms with Gasteiger partial charge in [0.15, 0.2) is 15.9 Å². The van der Waals surface area contributed by atoms with Gasteiger partial charge < -0.3 is 14.5 Å². The molecule has 8 nitrogen and oxygen atoms in total. The molecule has 30 heavy (non-hydrogen) atoms. The monoisotopic (exact) mass is 448 g/mol. The third kappa shape index (κ3) is 5.46. The third-order valence-corrected chi connectivity index (χ3v) is 5.81. The van der Waals surface area contributed by atoms with Crippen molar-refractivity contribution in [3.05, 3.63) is 77.3 Å². The molecule has 0 radical (unpaired) electrons. The van der Waals surface area contributed by atoms with Crippen LogP contribution in [0.2, 0.25) is 5.02 Å². The zero-order chi connectivity index (χ0) is 21.7. The Hall–Kier alpha value is -3.17. The van der Waals surface area contributed by atoms with Gasteiger partial charge in [-0.1, -0.05) is 29.8 Å². The summed E-state index contributed by atoms with van der Waals surface area (Å²) in [4.78, 5) is 28.4. The van der Waals surface area contributed by atoms with Gasteiger partial charge in [0.05, 0.1) is 9.92 Å². The molecule has 0 aliphatic heterocycles. The van der Waals surface area contributed by atoms with Crippen molar-refractivity contribution in [2.45, 2.75) is 23.7 Å². The molecular formula is C20H17ClN2O6S. The lowest BCUT2D eigenvalue weighted by molar-refractivity contribution is -0.123. The number of benzene rings is 1. The molecular weight excluding hydrogens is 432 g/mol. The predicted molar refractivity (Wildman–Crippen MR) is 109 cm³/mol. The Morgan fingerprint density at radius 1 is 1.13 bits per heavy atom. The minimum absolute atomic E-state index is 0.0771. The first kappa shape index (κ1) is 21.5. The molecule has 1 amide bonds. The first-order valence-corrected chi connectivity index (χ1v) is 10.8. The Morgan fingerprint density at radius 3 is 2.53 bits per heavy atom. The van der Waals surface area contributed by atoms with Gasteiger partial charge in [0.25, 0.3) is 5.91 Å². The zero-order valence-corrected chi connectivity index (χ0v) is 17.3. The zero-order valence-electron chi connectivity index (χ0n) is 15.7. The largest absolute Gasteiger partial charge is 0.453 e. The number of anilines is 1. The molecule has 0 spiro atoms. The van der Waals surface area contributed by atoms with Crippen LogP contribution in [-0.2, 0) is 25.1 Å². The molecule has 3 aromatic rings. The molecule has 0 unspecified atom stereocenters. The van der Waals surface area contributed by atoms with E-state index in [1.54, 1.807) is 24.3 Å². The maximum atomic E-state index is 12.4. The van der Waals surface area contributed by atoms with E-state index in [2.05, 4.69) is 10.3 Å². The lowest BCUT2D eigenvalue weighted by Gasteiger charge is -2.12. The molecule has 0 aliphatic rings. The van der Waals surface area contributed by atoms with Crippen molar-refractivity contribution >= 4 is 39.1 Å². The number of nitrogens with one attached hydrogen (secondary N) is 1. The van der Waals surface area contributed by atoms with E-state index in [0.717, 1.165) is 0 Å². The van der Waals surface area contributed by atoms with Gasteiger partial charge in [0.1, 0.15) is 17.3 Å². The second kappa shape index (κ2) is 9.10. The number of sulfone groups is 1. The topological polar surface area (TPSA) is 116 Å². The molecule has 2 heterocycles. The first-order chi connectivity index (χ1) is 14.2. The molecule has 1 aromatic carbocycles. The van der Waals surface area contributed by atoms with Crippen LogP contribution in [0.3, 0.4) is 0 Å². The first-order valence-electron chi connectivity index (χ1n) is 8.74. The maximum Gasteiger partial charge on any atom is 0.375 e. The Labute approximate surface area is 177 Å². The quantitative estimate of drug-likeness (QED) is 0.550. The van der Waals surface area contributed by atoms with Crippen LogP contribution in [0.5, 0.6) is 0 Å². The van der Waals surface area contributed by atoms with Gasteiger partial charge in [-0.15, -0.1) is 0 Å². The number of carbonyl (C=O) groups excluding carboxylic acids is 2. The van der Waals surface area contributed by atoms with Crippen molar-refractivity contribution in [1.29, 1.82) is 0 Å². The summed E-state index contributed by atoms with van der Waals surface area (Å²) >= 11 is 5.73. The van der Waals surface area contributed by atoms with Crippen LogP contribution in [-0.4, -0.2) is 31.4 Å². The average Bonchev–Trinajstić information content (AvgIpc) is 3.18. The van der Waals surface area contributed by atoms with E-state index in [0.29, 0.717) is 5.02 Å². The van der Waals surface area contributed by atoms with Gasteiger partial charge in [0, 0.05) is 6.20 Å². The summed E-state index contributed by atoms with van der Waals surface area (Å²) in [7, 11) is -3.63. The second-order valence-corrected chi connectivity index (χ2v) is 8.66. The van der Waals surface area contributed by atoms with E-state index in [4.69, 9.17) is 20.8 Å². The number of ether oxygens (including phenoxy) is 1. The number of rotatable bonds is 7. The minimum Gasteiger partial charge on any atom is -0.453 e. The van der Waals surface area contributed by atoms with Crippen molar-refractivity contribution in [3.8, 4) is 0 Å². The van der Waals surface area contributed by atoms with Crippen molar-refractivity contribution in [3.63, 3.8) is 0 Å². The van der Waals surface area contributed by atoms with Gasteiger partial charge in [0.2, 0.25) is 5.76 Å². The Bertz CT molecular complexity index is 1140. The van der Waals surface area contributed by atoms with Gasteiger partial charge >= 0.3 is 5.97 Å². The molecule has 0 aliphatic carbocycles. The third-order valence-electron chi connectivity index (χ3n) is 3.93. The van der Waals surface area contributed by atoms with Crippen LogP contribution >= 0.6 is 11.6 Å². The lowest BCUT2D eigenvalue weighted by atomic mass is 10.3. The highest BCUT2D eigenvalue weighted by Crippen LogP contribution is 2.19. The Morgan fingerprint density at radius 2 is 1.87 bits per heavy atom. The van der Waals surface area contributed by atoms with Crippen molar-refractivity contribution in [1.82, 2.24) is 4.98 Å². The highest BCUT2D eigenvalue weighted by Gasteiger charge is 2.23. The summed E-state index contributed by atoms with van der Waals surface area (Å²) in [5, 5.41) is 2.90. The van der Waals surface area contributed by atoms with Gasteiger partial charge in [-0.2, -0.15) is 0 Å². The number of esters is 1. The molecule has 3 rings (SSSR count). The highest BCUT2D eigenvalue weighted by atomic mass is 35.5. The van der Waals surface area contributed by atoms with E-state index >= 15 is 0 Å². The fourth-order valence-corrected chi connectivity index (χ4v) is 3.79. The normalized spacial score (nSPS) is 12.2. The van der Waals surface area contributed by atoms with Crippen LogP contribution in [0.4, 0.5) is 5.82 Å². The Kier molecular flexibility index (Phi) is 6.53. The number of carbonyl (C=O) groups is 2. The molecule has 2 aromatic heterocycles. The summed E-state index contributed by atoms with van der Waals surface area (Å²) in [6, 6.07) is 13.6. The van der Waals surface area contributed by atoms with Crippen LogP contribution in [0.1, 0.15) is 23.2 Å². The van der Waals surface area contributed by atoms with Crippen LogP contribution in [0.25, 0.3) is 0 Å². The number of hydrogen-bond acceptors (Lipinski definition) is 7. The number of halogens is 1. The van der Waals surface area contributed by atoms with Crippen molar-refractivity contribution in [2.24, 2.45) is 0 Å². The number of nitrogens with zero attached hydrogens (tertiary/aromatic N) is 1. The number of aromatic nitrogens is 1. The number of furan rings is 1. The highest BCUT2D eigenvalue weighted by molar-refractivity contribution is 7.90. The van der Waals surface area contributed by atoms with Crippen molar-refractivity contribution in [2.75, 3.05) is 5.32 Å². The molecule has 0 bridgehead atoms. The number of hydrogen-bond donors (Lipinski definition) is 1. The predicted octanol–water partition coefficient (Wildman–Crippen LogP) is 3.49. The average molecular weight is 449 g/mol. The molecule has 156 valence electrons. The SMILES string of the molecule is C[C@@H](OC(=O)c1ccc(CS(=O)(=O)c2ccccc2)o1)C(=O)Nc1ccc(Cl)cn1. The van der Waals surface area contributed by atoms with Crippen LogP contribution in [0, 0.1) is 0 Å². The van der Waals surface area contributed by atoms with E-state index in [9.17, 15) is 18.0 Å². The summed E-state index contributed by atoms with van der Waals surface area (Å²) in [6.45, 7) is 1.38. The molecule has 1 atom stereocenters.